The van der Waals surface area contributed by atoms with Crippen molar-refractivity contribution in [3.8, 4) is 0 Å². The van der Waals surface area contributed by atoms with Crippen LogP contribution in [-0.2, 0) is 33.7 Å². The fourth-order valence-electron chi connectivity index (χ4n) is 6.93. The largest absolute Gasteiger partial charge is 1.00 e. The maximum absolute atomic E-state index is 13.2. The Bertz CT molecular complexity index is 1680. The third-order valence-electron chi connectivity index (χ3n) is 9.23. The van der Waals surface area contributed by atoms with Crippen LogP contribution < -0.4 is 46.0 Å². The molecule has 4 unspecified atom stereocenters. The molecule has 4 aliphatic rings. The summed E-state index contributed by atoms with van der Waals surface area (Å²) >= 11 is 4.92. The number of halogens is 2. The third kappa shape index (κ3) is 3.56. The Morgan fingerprint density at radius 2 is 0.756 bits per heavy atom. The van der Waals surface area contributed by atoms with Gasteiger partial charge in [-0.25, -0.2) is 0 Å². The van der Waals surface area contributed by atoms with Crippen molar-refractivity contribution in [1.29, 1.82) is 0 Å². The summed E-state index contributed by atoms with van der Waals surface area (Å²) in [4.78, 5) is -1.04. The summed E-state index contributed by atoms with van der Waals surface area (Å²) in [7, 11) is -9.92. The van der Waals surface area contributed by atoms with Gasteiger partial charge in [-0.2, -0.15) is 0 Å². The Kier molecular flexibility index (Phi) is 7.80. The number of benzene rings is 4. The second-order valence-electron chi connectivity index (χ2n) is 10.8. The van der Waals surface area contributed by atoms with Gasteiger partial charge in [-0.05, 0) is 6.92 Å². The van der Waals surface area contributed by atoms with Gasteiger partial charge in [0.2, 0.25) is 0 Å². The van der Waals surface area contributed by atoms with Gasteiger partial charge in [0.15, 0.2) is 0 Å². The second kappa shape index (κ2) is 10.2. The van der Waals surface area contributed by atoms with E-state index in [1.807, 2.05) is 128 Å². The molecule has 4 aromatic carbocycles. The molecular weight excluding hydrogens is 678 g/mol. The maximum Gasteiger partial charge on any atom is -1.00 e. The molecule has 0 radical (unpaired) electrons. The van der Waals surface area contributed by atoms with E-state index in [2.05, 4.69) is 0 Å². The van der Waals surface area contributed by atoms with E-state index in [-0.39, 0.29) is 35.6 Å². The van der Waals surface area contributed by atoms with Crippen LogP contribution in [0, 0.1) is 0 Å². The van der Waals surface area contributed by atoms with E-state index < -0.39 is 38.4 Å². The molecule has 0 aromatic heterocycles. The van der Waals surface area contributed by atoms with Crippen LogP contribution in [0.25, 0.3) is 0 Å². The van der Waals surface area contributed by atoms with E-state index >= 15 is 0 Å². The molecule has 0 saturated carbocycles. The van der Waals surface area contributed by atoms with Crippen molar-refractivity contribution in [3.05, 3.63) is 121 Å². The molecule has 215 valence electrons. The van der Waals surface area contributed by atoms with Crippen molar-refractivity contribution in [2.24, 2.45) is 0 Å². The van der Waals surface area contributed by atoms with Crippen LogP contribution >= 0.6 is 28.6 Å². The zero-order valence-corrected chi connectivity index (χ0v) is 28.0. The first kappa shape index (κ1) is 31.3. The summed E-state index contributed by atoms with van der Waals surface area (Å²) in [6, 6.07) is 38.0. The average molecular weight is 705 g/mol. The second-order valence-corrected chi connectivity index (χ2v) is 25.5. The van der Waals surface area contributed by atoms with E-state index in [0.29, 0.717) is 5.39 Å². The van der Waals surface area contributed by atoms with Crippen LogP contribution in [0.4, 0.5) is 0 Å². The molecule has 4 aromatic rings. The van der Waals surface area contributed by atoms with Crippen molar-refractivity contribution in [2.75, 3.05) is 0 Å². The summed E-state index contributed by atoms with van der Waals surface area (Å²) in [5.41, 5.74) is 0. The van der Waals surface area contributed by atoms with Crippen LogP contribution in [0.1, 0.15) is 6.92 Å². The summed E-state index contributed by atoms with van der Waals surface area (Å²) in [6.45, 7) is 1.94. The molecule has 8 rings (SSSR count). The normalized spacial score (nSPS) is 39.7. The molecule has 4 atom stereocenters. The molecule has 4 aliphatic heterocycles. The molecular formula is C30H27Cl2NiO4P4. The minimum Gasteiger partial charge on any atom is -1.00 e. The molecule has 0 N–H and O–H groups in total. The van der Waals surface area contributed by atoms with E-state index in [9.17, 15) is 18.3 Å². The van der Waals surface area contributed by atoms with Gasteiger partial charge < -0.3 is 33.9 Å². The molecule has 4 heterocycles. The third-order valence-corrected chi connectivity index (χ3v) is 32.7. The zero-order valence-electron chi connectivity index (χ0n) is 21.9. The monoisotopic (exact) mass is 703 g/mol. The molecule has 41 heavy (non-hydrogen) atoms. The number of fused-ring (bicyclic) bond motifs is 2. The number of rotatable bonds is 5. The Morgan fingerprint density at radius 3 is 0.976 bits per heavy atom. The molecule has 4 fully saturated rings. The Labute approximate surface area is 261 Å². The SMILES string of the molecule is CC12C(P1(=O)c1ccccc1)P2(=O)c1ccccc1.O=P1(c2ccccc2)C2C1([CH2][Ni+2])P2(=O)c1ccccc1.[Cl-].[Cl-]. The van der Waals surface area contributed by atoms with Gasteiger partial charge in [0.05, 0.1) is 5.40 Å². The van der Waals surface area contributed by atoms with Crippen molar-refractivity contribution >= 4 is 49.8 Å². The zero-order chi connectivity index (χ0) is 27.3. The molecule has 11 heteroatoms. The standard InChI is InChI=1S/C15H14O2P2.C15H13O2P2.2ClH.Ni/c2*1-15-14(18(15,16)12-8-4-2-5-9-12)19(15,17)13-10-6-3-7-11-13;;;/h2-11,14H,1H3;2-11,14H,1H2;2*1H;/q;;;;+2/p-2. The average Bonchev–Trinajstić information content (AvgIpc) is 3.96. The van der Waals surface area contributed by atoms with Crippen LogP contribution in [0.2, 0.25) is 5.39 Å². The van der Waals surface area contributed by atoms with Gasteiger partial charge in [0.25, 0.3) is 0 Å². The van der Waals surface area contributed by atoms with Gasteiger partial charge >= 0.3 is 126 Å². The van der Waals surface area contributed by atoms with Gasteiger partial charge in [-0.1, -0.05) is 60.7 Å². The van der Waals surface area contributed by atoms with Gasteiger partial charge in [0.1, 0.15) is 19.2 Å². The first-order valence-electron chi connectivity index (χ1n) is 12.8. The van der Waals surface area contributed by atoms with E-state index in [0.717, 1.165) is 21.2 Å². The minimum absolute atomic E-state index is 0. The van der Waals surface area contributed by atoms with Crippen molar-refractivity contribution in [3.63, 3.8) is 0 Å². The van der Waals surface area contributed by atoms with Crippen LogP contribution in [0.5, 0.6) is 0 Å². The predicted octanol–water partition coefficient (Wildman–Crippen LogP) is 0.819. The summed E-state index contributed by atoms with van der Waals surface area (Å²) in [5.74, 6) is 0. The quantitative estimate of drug-likeness (QED) is 0.228. The predicted molar refractivity (Wildman–Crippen MR) is 158 cm³/mol. The van der Waals surface area contributed by atoms with E-state index in [1.165, 1.54) is 0 Å². The van der Waals surface area contributed by atoms with Gasteiger partial charge in [-0.3, -0.25) is 0 Å². The van der Waals surface area contributed by atoms with Gasteiger partial charge in [-0.15, -0.1) is 0 Å². The molecule has 0 amide bonds. The fourth-order valence-corrected chi connectivity index (χ4v) is 34.8. The van der Waals surface area contributed by atoms with Crippen LogP contribution in [0.3, 0.4) is 0 Å². The van der Waals surface area contributed by atoms with Crippen LogP contribution in [-0.4, -0.2) is 20.6 Å². The smallest absolute Gasteiger partial charge is 1.00 e. The molecule has 4 nitrogen and oxygen atoms in total. The summed E-state index contributed by atoms with van der Waals surface area (Å²) in [6.07, 6.45) is 0. The first-order chi connectivity index (χ1) is 18.7. The minimum atomic E-state index is -2.54. The van der Waals surface area contributed by atoms with Crippen molar-refractivity contribution in [2.45, 2.75) is 32.9 Å². The first-order valence-corrected chi connectivity index (χ1v) is 20.7. The van der Waals surface area contributed by atoms with Gasteiger partial charge in [0, 0.05) is 10.6 Å². The number of hydrogen-bond acceptors (Lipinski definition) is 4. The van der Waals surface area contributed by atoms with Crippen LogP contribution in [0.15, 0.2) is 121 Å². The molecule has 0 aliphatic carbocycles. The van der Waals surface area contributed by atoms with Crippen molar-refractivity contribution in [1.82, 2.24) is 0 Å². The Hall–Kier alpha value is -1.13. The maximum atomic E-state index is 13.2. The molecule has 4 saturated heterocycles. The summed E-state index contributed by atoms with van der Waals surface area (Å²) < 4.78 is 52.5. The molecule has 0 bridgehead atoms. The van der Waals surface area contributed by atoms with Crippen molar-refractivity contribution < 1.29 is 58.5 Å². The van der Waals surface area contributed by atoms with E-state index in [4.69, 9.17) is 15.5 Å². The fraction of sp³-hybridized carbons (Fsp3) is 0.200. The van der Waals surface area contributed by atoms with E-state index in [1.54, 1.807) is 0 Å². The topological polar surface area (TPSA) is 68.3 Å². The Morgan fingerprint density at radius 1 is 0.512 bits per heavy atom. The Balaban J connectivity index is 0.000000157. The molecule has 0 spiro atoms. The summed E-state index contributed by atoms with van der Waals surface area (Å²) in [5, 5.41) is 3.58. The number of hydrogen-bond donors (Lipinski definition) is 0.